The van der Waals surface area contributed by atoms with Gasteiger partial charge in [0.25, 0.3) is 0 Å². The van der Waals surface area contributed by atoms with E-state index < -0.39 is 11.9 Å². The SMILES string of the molecule is CC(C)c1ccc(CCCCC(=O)O)c(CCCCC(=O)O)c1. The van der Waals surface area contributed by atoms with Crippen molar-refractivity contribution in [2.75, 3.05) is 0 Å². The van der Waals surface area contributed by atoms with Gasteiger partial charge in [-0.1, -0.05) is 32.0 Å². The van der Waals surface area contributed by atoms with Crippen molar-refractivity contribution in [3.05, 3.63) is 34.9 Å². The number of hydrogen-bond acceptors (Lipinski definition) is 2. The maximum Gasteiger partial charge on any atom is 0.303 e. The molecule has 4 nitrogen and oxygen atoms in total. The van der Waals surface area contributed by atoms with Crippen molar-refractivity contribution in [3.8, 4) is 0 Å². The summed E-state index contributed by atoms with van der Waals surface area (Å²) in [7, 11) is 0. The number of carbonyl (C=O) groups is 2. The standard InChI is InChI=1S/C19H28O4/c1-14(2)16-12-11-15(7-3-5-9-18(20)21)17(13-16)8-4-6-10-19(22)23/h11-14H,3-10H2,1-2H3,(H,20,21)(H,22,23). The van der Waals surface area contributed by atoms with Gasteiger partial charge in [0.05, 0.1) is 0 Å². The fourth-order valence-corrected chi connectivity index (χ4v) is 2.66. The van der Waals surface area contributed by atoms with Crippen LogP contribution in [0.5, 0.6) is 0 Å². The predicted octanol–water partition coefficient (Wildman–Crippen LogP) is 4.40. The molecule has 0 saturated carbocycles. The summed E-state index contributed by atoms with van der Waals surface area (Å²) in [5.74, 6) is -1.02. The van der Waals surface area contributed by atoms with Crippen molar-refractivity contribution in [2.45, 2.75) is 71.1 Å². The van der Waals surface area contributed by atoms with E-state index in [-0.39, 0.29) is 12.8 Å². The normalized spacial score (nSPS) is 10.9. The molecule has 0 saturated heterocycles. The Balaban J connectivity index is 2.66. The van der Waals surface area contributed by atoms with Crippen LogP contribution < -0.4 is 0 Å². The summed E-state index contributed by atoms with van der Waals surface area (Å²) >= 11 is 0. The van der Waals surface area contributed by atoms with Crippen LogP contribution in [0, 0.1) is 0 Å². The first-order valence-corrected chi connectivity index (χ1v) is 8.45. The smallest absolute Gasteiger partial charge is 0.303 e. The zero-order valence-corrected chi connectivity index (χ0v) is 14.2. The third-order valence-electron chi connectivity index (χ3n) is 4.07. The number of aryl methyl sites for hydroxylation is 2. The summed E-state index contributed by atoms with van der Waals surface area (Å²) in [4.78, 5) is 21.2. The predicted molar refractivity (Wildman–Crippen MR) is 90.9 cm³/mol. The minimum Gasteiger partial charge on any atom is -0.481 e. The fraction of sp³-hybridized carbons (Fsp3) is 0.579. The molecule has 0 atom stereocenters. The summed E-state index contributed by atoms with van der Waals surface area (Å²) < 4.78 is 0. The van der Waals surface area contributed by atoms with Crippen molar-refractivity contribution in [3.63, 3.8) is 0 Å². The Kier molecular flexibility index (Phi) is 8.38. The Morgan fingerprint density at radius 3 is 1.87 bits per heavy atom. The van der Waals surface area contributed by atoms with Gasteiger partial charge < -0.3 is 10.2 Å². The van der Waals surface area contributed by atoms with Crippen LogP contribution in [0.1, 0.15) is 75.0 Å². The molecular formula is C19H28O4. The number of unbranched alkanes of at least 4 members (excludes halogenated alkanes) is 2. The number of rotatable bonds is 11. The van der Waals surface area contributed by atoms with E-state index in [1.54, 1.807) is 0 Å². The molecule has 128 valence electrons. The van der Waals surface area contributed by atoms with Crippen LogP contribution in [-0.2, 0) is 22.4 Å². The van der Waals surface area contributed by atoms with Crippen LogP contribution in [0.2, 0.25) is 0 Å². The lowest BCUT2D eigenvalue weighted by Crippen LogP contribution is -2.01. The summed E-state index contributed by atoms with van der Waals surface area (Å²) in [6, 6.07) is 6.54. The zero-order chi connectivity index (χ0) is 17.2. The van der Waals surface area contributed by atoms with E-state index in [9.17, 15) is 9.59 Å². The lowest BCUT2D eigenvalue weighted by atomic mass is 9.92. The first kappa shape index (κ1) is 19.2. The average Bonchev–Trinajstić information content (AvgIpc) is 2.48. The highest BCUT2D eigenvalue weighted by Gasteiger charge is 2.08. The first-order valence-electron chi connectivity index (χ1n) is 8.45. The van der Waals surface area contributed by atoms with Gasteiger partial charge in [0.1, 0.15) is 0 Å². The van der Waals surface area contributed by atoms with Crippen LogP contribution in [-0.4, -0.2) is 22.2 Å². The van der Waals surface area contributed by atoms with E-state index in [0.29, 0.717) is 18.8 Å². The number of aliphatic carboxylic acids is 2. The second-order valence-corrected chi connectivity index (χ2v) is 6.38. The second kappa shape index (κ2) is 10.0. The highest BCUT2D eigenvalue weighted by Crippen LogP contribution is 2.22. The summed E-state index contributed by atoms with van der Waals surface area (Å²) in [5, 5.41) is 17.4. The Morgan fingerprint density at radius 2 is 1.39 bits per heavy atom. The molecule has 0 spiro atoms. The van der Waals surface area contributed by atoms with Gasteiger partial charge in [0, 0.05) is 12.8 Å². The van der Waals surface area contributed by atoms with Gasteiger partial charge in [-0.05, 0) is 61.1 Å². The first-order chi connectivity index (χ1) is 10.9. The highest BCUT2D eigenvalue weighted by molar-refractivity contribution is 5.66. The Labute approximate surface area is 138 Å². The molecule has 1 rings (SSSR count). The van der Waals surface area contributed by atoms with Crippen LogP contribution in [0.3, 0.4) is 0 Å². The van der Waals surface area contributed by atoms with Gasteiger partial charge in [-0.3, -0.25) is 9.59 Å². The Hall–Kier alpha value is -1.84. The van der Waals surface area contributed by atoms with Gasteiger partial charge >= 0.3 is 11.9 Å². The molecule has 2 N–H and O–H groups in total. The van der Waals surface area contributed by atoms with Gasteiger partial charge in [-0.25, -0.2) is 0 Å². The monoisotopic (exact) mass is 320 g/mol. The maximum atomic E-state index is 10.6. The third kappa shape index (κ3) is 7.82. The molecule has 1 aromatic carbocycles. The van der Waals surface area contributed by atoms with E-state index >= 15 is 0 Å². The molecule has 23 heavy (non-hydrogen) atoms. The highest BCUT2D eigenvalue weighted by atomic mass is 16.4. The second-order valence-electron chi connectivity index (χ2n) is 6.38. The summed E-state index contributed by atoms with van der Waals surface area (Å²) in [6.07, 6.45) is 5.35. The van der Waals surface area contributed by atoms with Crippen molar-refractivity contribution in [1.29, 1.82) is 0 Å². The van der Waals surface area contributed by atoms with Crippen LogP contribution in [0.25, 0.3) is 0 Å². The lowest BCUT2D eigenvalue weighted by Gasteiger charge is -2.14. The quantitative estimate of drug-likeness (QED) is 0.592. The van der Waals surface area contributed by atoms with Gasteiger partial charge in [-0.2, -0.15) is 0 Å². The maximum absolute atomic E-state index is 10.6. The van der Waals surface area contributed by atoms with Gasteiger partial charge in [-0.15, -0.1) is 0 Å². The van der Waals surface area contributed by atoms with Gasteiger partial charge in [0.2, 0.25) is 0 Å². The third-order valence-corrected chi connectivity index (χ3v) is 4.07. The molecule has 0 aliphatic carbocycles. The van der Waals surface area contributed by atoms with Crippen LogP contribution in [0.15, 0.2) is 18.2 Å². The number of hydrogen-bond donors (Lipinski definition) is 2. The molecule has 0 aromatic heterocycles. The van der Waals surface area contributed by atoms with Crippen molar-refractivity contribution < 1.29 is 19.8 Å². The number of carboxylic acids is 2. The molecule has 1 aromatic rings. The number of carboxylic acid groups (broad SMARTS) is 2. The van der Waals surface area contributed by atoms with Crippen molar-refractivity contribution >= 4 is 11.9 Å². The van der Waals surface area contributed by atoms with E-state index in [2.05, 4.69) is 32.0 Å². The number of benzene rings is 1. The topological polar surface area (TPSA) is 74.6 Å². The van der Waals surface area contributed by atoms with E-state index in [4.69, 9.17) is 10.2 Å². The molecule has 0 aliphatic heterocycles. The average molecular weight is 320 g/mol. The molecule has 0 fully saturated rings. The minimum absolute atomic E-state index is 0.220. The molecule has 0 radical (unpaired) electrons. The largest absolute Gasteiger partial charge is 0.481 e. The lowest BCUT2D eigenvalue weighted by molar-refractivity contribution is -0.138. The van der Waals surface area contributed by atoms with Crippen LogP contribution >= 0.6 is 0 Å². The molecule has 0 bridgehead atoms. The molecule has 0 aliphatic rings. The zero-order valence-electron chi connectivity index (χ0n) is 14.2. The molecular weight excluding hydrogens is 292 g/mol. The molecule has 0 unspecified atom stereocenters. The molecule has 4 heteroatoms. The Morgan fingerprint density at radius 1 is 0.870 bits per heavy atom. The fourth-order valence-electron chi connectivity index (χ4n) is 2.66. The van der Waals surface area contributed by atoms with Crippen LogP contribution in [0.4, 0.5) is 0 Å². The van der Waals surface area contributed by atoms with E-state index in [0.717, 1.165) is 25.7 Å². The van der Waals surface area contributed by atoms with Gasteiger partial charge in [0.15, 0.2) is 0 Å². The van der Waals surface area contributed by atoms with Crippen molar-refractivity contribution in [1.82, 2.24) is 0 Å². The molecule has 0 amide bonds. The summed E-state index contributed by atoms with van der Waals surface area (Å²) in [5.41, 5.74) is 3.86. The van der Waals surface area contributed by atoms with E-state index in [1.807, 2.05) is 0 Å². The Bertz CT molecular complexity index is 520. The van der Waals surface area contributed by atoms with E-state index in [1.165, 1.54) is 16.7 Å². The summed E-state index contributed by atoms with van der Waals surface area (Å²) in [6.45, 7) is 4.33. The van der Waals surface area contributed by atoms with Crippen molar-refractivity contribution in [2.24, 2.45) is 0 Å². The molecule has 0 heterocycles. The minimum atomic E-state index is -0.742.